The fraction of sp³-hybridized carbons (Fsp3) is 0.316. The van der Waals surface area contributed by atoms with Crippen LogP contribution in [0.15, 0.2) is 42.5 Å². The average Bonchev–Trinajstić information content (AvgIpc) is 2.60. The highest BCUT2D eigenvalue weighted by Crippen LogP contribution is 2.33. The molecule has 7 heteroatoms. The zero-order valence-corrected chi connectivity index (χ0v) is 14.1. The Kier molecular flexibility index (Phi) is 5.06. The Hall–Kier alpha value is -2.70. The molecule has 1 aliphatic rings. The molecular formula is C19H18F3NO3. The van der Waals surface area contributed by atoms with E-state index in [1.165, 1.54) is 12.1 Å². The van der Waals surface area contributed by atoms with E-state index < -0.39 is 11.7 Å². The Balaban J connectivity index is 1.65. The summed E-state index contributed by atoms with van der Waals surface area (Å²) >= 11 is 0. The monoisotopic (exact) mass is 365 g/mol. The van der Waals surface area contributed by atoms with Crippen LogP contribution in [0.2, 0.25) is 0 Å². The summed E-state index contributed by atoms with van der Waals surface area (Å²) in [4.78, 5) is 12.2. The Morgan fingerprint density at radius 2 is 1.85 bits per heavy atom. The number of amides is 1. The molecular weight excluding hydrogens is 347 g/mol. The highest BCUT2D eigenvalue weighted by atomic mass is 19.4. The van der Waals surface area contributed by atoms with Crippen molar-refractivity contribution in [1.29, 1.82) is 0 Å². The van der Waals surface area contributed by atoms with E-state index in [1.54, 1.807) is 19.1 Å². The van der Waals surface area contributed by atoms with Gasteiger partial charge in [-0.2, -0.15) is 13.2 Å². The maximum atomic E-state index is 12.8. The predicted octanol–water partition coefficient (Wildman–Crippen LogP) is 3.90. The van der Waals surface area contributed by atoms with E-state index in [4.69, 9.17) is 9.47 Å². The van der Waals surface area contributed by atoms with Gasteiger partial charge in [0, 0.05) is 0 Å². The van der Waals surface area contributed by atoms with Gasteiger partial charge in [0.2, 0.25) is 5.91 Å². The molecule has 1 atom stereocenters. The first kappa shape index (κ1) is 18.1. The molecule has 0 spiro atoms. The summed E-state index contributed by atoms with van der Waals surface area (Å²) in [6.45, 7) is 2.76. The van der Waals surface area contributed by atoms with Crippen LogP contribution in [0.4, 0.5) is 13.2 Å². The van der Waals surface area contributed by atoms with Crippen LogP contribution in [0.3, 0.4) is 0 Å². The average molecular weight is 365 g/mol. The summed E-state index contributed by atoms with van der Waals surface area (Å²) in [7, 11) is 0. The van der Waals surface area contributed by atoms with Crippen LogP contribution in [0, 0.1) is 0 Å². The maximum Gasteiger partial charge on any atom is 0.416 e. The maximum absolute atomic E-state index is 12.8. The molecule has 0 saturated carbocycles. The molecule has 1 amide bonds. The van der Waals surface area contributed by atoms with Crippen LogP contribution < -0.4 is 14.8 Å². The summed E-state index contributed by atoms with van der Waals surface area (Å²) in [5.74, 6) is 0.918. The van der Waals surface area contributed by atoms with Gasteiger partial charge in [0.15, 0.2) is 11.5 Å². The highest BCUT2D eigenvalue weighted by molar-refractivity contribution is 5.79. The molecule has 0 unspecified atom stereocenters. The predicted molar refractivity (Wildman–Crippen MR) is 89.1 cm³/mol. The van der Waals surface area contributed by atoms with Crippen molar-refractivity contribution < 1.29 is 27.4 Å². The van der Waals surface area contributed by atoms with E-state index in [2.05, 4.69) is 5.32 Å². The molecule has 2 aromatic carbocycles. The number of hydrogen-bond acceptors (Lipinski definition) is 3. The van der Waals surface area contributed by atoms with Gasteiger partial charge in [0.05, 0.1) is 18.0 Å². The largest absolute Gasteiger partial charge is 0.486 e. The number of carbonyl (C=O) groups is 1. The van der Waals surface area contributed by atoms with E-state index >= 15 is 0 Å². The van der Waals surface area contributed by atoms with Crippen LogP contribution in [0.1, 0.15) is 29.7 Å². The molecule has 138 valence electrons. The first-order valence-corrected chi connectivity index (χ1v) is 8.18. The minimum absolute atomic E-state index is 0.126. The van der Waals surface area contributed by atoms with Crippen molar-refractivity contribution in [3.8, 4) is 11.5 Å². The Morgan fingerprint density at radius 3 is 2.58 bits per heavy atom. The fourth-order valence-corrected chi connectivity index (χ4v) is 2.75. The van der Waals surface area contributed by atoms with Gasteiger partial charge in [-0.15, -0.1) is 0 Å². The standard InChI is InChI=1S/C19H18F3NO3/c1-12(14-5-6-16-17(11-14)26-8-7-25-16)23-18(24)10-13-3-2-4-15(9-13)19(20,21)22/h2-6,9,11-12H,7-8,10H2,1H3,(H,23,24)/t12-/m1/s1. The van der Waals surface area contributed by atoms with Crippen molar-refractivity contribution in [2.24, 2.45) is 0 Å². The molecule has 0 fully saturated rings. The molecule has 1 N–H and O–H groups in total. The third kappa shape index (κ3) is 4.28. The molecule has 0 saturated heterocycles. The highest BCUT2D eigenvalue weighted by Gasteiger charge is 2.30. The van der Waals surface area contributed by atoms with Gasteiger partial charge in [-0.3, -0.25) is 4.79 Å². The lowest BCUT2D eigenvalue weighted by Gasteiger charge is -2.21. The summed E-state index contributed by atoms with van der Waals surface area (Å²) < 4.78 is 49.2. The number of hydrogen-bond donors (Lipinski definition) is 1. The second kappa shape index (κ2) is 7.27. The number of fused-ring (bicyclic) bond motifs is 1. The van der Waals surface area contributed by atoms with E-state index in [9.17, 15) is 18.0 Å². The molecule has 0 aromatic heterocycles. The summed E-state index contributed by atoms with van der Waals surface area (Å²) in [5, 5.41) is 2.79. The molecule has 4 nitrogen and oxygen atoms in total. The van der Waals surface area contributed by atoms with Crippen LogP contribution in [0.25, 0.3) is 0 Å². The number of rotatable bonds is 4. The summed E-state index contributed by atoms with van der Waals surface area (Å²) in [6.07, 6.45) is -4.55. The second-order valence-electron chi connectivity index (χ2n) is 6.07. The number of halogens is 3. The number of alkyl halides is 3. The van der Waals surface area contributed by atoms with E-state index in [1.807, 2.05) is 6.07 Å². The first-order valence-electron chi connectivity index (χ1n) is 8.18. The normalized spacial score (nSPS) is 14.6. The van der Waals surface area contributed by atoms with E-state index in [-0.39, 0.29) is 18.4 Å². The van der Waals surface area contributed by atoms with Crippen LogP contribution in [-0.4, -0.2) is 19.1 Å². The number of benzene rings is 2. The number of ether oxygens (including phenoxy) is 2. The van der Waals surface area contributed by atoms with Gasteiger partial charge in [0.1, 0.15) is 13.2 Å². The summed E-state index contributed by atoms with van der Waals surface area (Å²) in [6, 6.07) is 9.86. The van der Waals surface area contributed by atoms with Crippen molar-refractivity contribution in [2.45, 2.75) is 25.6 Å². The van der Waals surface area contributed by atoms with Gasteiger partial charge >= 0.3 is 6.18 Å². The van der Waals surface area contributed by atoms with Crippen molar-refractivity contribution in [1.82, 2.24) is 5.32 Å². The van der Waals surface area contributed by atoms with E-state index in [0.717, 1.165) is 17.7 Å². The third-order valence-electron chi connectivity index (χ3n) is 4.06. The topological polar surface area (TPSA) is 47.6 Å². The van der Waals surface area contributed by atoms with Crippen LogP contribution in [-0.2, 0) is 17.4 Å². The van der Waals surface area contributed by atoms with Gasteiger partial charge < -0.3 is 14.8 Å². The molecule has 1 heterocycles. The molecule has 2 aromatic rings. The van der Waals surface area contributed by atoms with Crippen molar-refractivity contribution in [3.05, 3.63) is 59.2 Å². The van der Waals surface area contributed by atoms with E-state index in [0.29, 0.717) is 30.3 Å². The molecule has 0 bridgehead atoms. The Morgan fingerprint density at radius 1 is 1.12 bits per heavy atom. The second-order valence-corrected chi connectivity index (χ2v) is 6.07. The van der Waals surface area contributed by atoms with Gasteiger partial charge in [0.25, 0.3) is 0 Å². The molecule has 1 aliphatic heterocycles. The fourth-order valence-electron chi connectivity index (χ4n) is 2.75. The quantitative estimate of drug-likeness (QED) is 0.894. The zero-order valence-electron chi connectivity index (χ0n) is 14.1. The summed E-state index contributed by atoms with van der Waals surface area (Å²) in [5.41, 5.74) is 0.376. The van der Waals surface area contributed by atoms with Crippen molar-refractivity contribution in [2.75, 3.05) is 13.2 Å². The smallest absolute Gasteiger partial charge is 0.416 e. The third-order valence-corrected chi connectivity index (χ3v) is 4.06. The first-order chi connectivity index (χ1) is 12.3. The van der Waals surface area contributed by atoms with Gasteiger partial charge in [-0.25, -0.2) is 0 Å². The lowest BCUT2D eigenvalue weighted by Crippen LogP contribution is -2.28. The van der Waals surface area contributed by atoms with Gasteiger partial charge in [-0.05, 0) is 36.2 Å². The van der Waals surface area contributed by atoms with Crippen LogP contribution in [0.5, 0.6) is 11.5 Å². The molecule has 0 radical (unpaired) electrons. The number of nitrogens with one attached hydrogen (secondary N) is 1. The van der Waals surface area contributed by atoms with Crippen LogP contribution >= 0.6 is 0 Å². The molecule has 26 heavy (non-hydrogen) atoms. The van der Waals surface area contributed by atoms with Crippen molar-refractivity contribution in [3.63, 3.8) is 0 Å². The minimum atomic E-state index is -4.43. The number of carbonyl (C=O) groups excluding carboxylic acids is 1. The van der Waals surface area contributed by atoms with Gasteiger partial charge in [-0.1, -0.05) is 24.3 Å². The minimum Gasteiger partial charge on any atom is -0.486 e. The lowest BCUT2D eigenvalue weighted by molar-refractivity contribution is -0.137. The zero-order chi connectivity index (χ0) is 18.7. The lowest BCUT2D eigenvalue weighted by atomic mass is 10.1. The molecule has 3 rings (SSSR count). The SMILES string of the molecule is C[C@@H](NC(=O)Cc1cccc(C(F)(F)F)c1)c1ccc2c(c1)OCCO2. The van der Waals surface area contributed by atoms with Crippen molar-refractivity contribution >= 4 is 5.91 Å². The molecule has 0 aliphatic carbocycles. The Bertz CT molecular complexity index is 805. The Labute approximate surface area is 148 Å².